The van der Waals surface area contributed by atoms with Crippen LogP contribution in [-0.2, 0) is 30.8 Å². The molecule has 6 unspecified atom stereocenters. The number of methoxy groups -OCH3 is 1. The second-order valence-corrected chi connectivity index (χ2v) is 15.2. The number of phenols is 2. The van der Waals surface area contributed by atoms with Gasteiger partial charge in [0.05, 0.1) is 46.6 Å². The van der Waals surface area contributed by atoms with Crippen LogP contribution in [0.1, 0.15) is 45.8 Å². The number of aromatic nitrogens is 1. The molecule has 4 N–H and O–H groups in total. The first kappa shape index (κ1) is 38.7. The molecule has 4 amide bonds. The molecule has 0 radical (unpaired) electrons. The highest BCUT2D eigenvalue weighted by molar-refractivity contribution is 6.33. The van der Waals surface area contributed by atoms with Gasteiger partial charge in [0.25, 0.3) is 11.8 Å². The van der Waals surface area contributed by atoms with Gasteiger partial charge in [0.15, 0.2) is 5.82 Å². The molecule has 18 heteroatoms. The number of aromatic hydroxyl groups is 2. The largest absolute Gasteiger partial charge is 0.508 e. The summed E-state index contributed by atoms with van der Waals surface area (Å²) in [7, 11) is 1.34. The van der Waals surface area contributed by atoms with Gasteiger partial charge in [0.2, 0.25) is 11.8 Å². The highest BCUT2D eigenvalue weighted by Gasteiger charge is 2.71. The lowest BCUT2D eigenvalue weighted by Gasteiger charge is -2.50. The van der Waals surface area contributed by atoms with Gasteiger partial charge < -0.3 is 20.1 Å². The van der Waals surface area contributed by atoms with Crippen LogP contribution in [0.4, 0.5) is 24.7 Å². The first-order valence-corrected chi connectivity index (χ1v) is 18.4. The van der Waals surface area contributed by atoms with E-state index >= 15 is 4.79 Å². The smallest absolute Gasteiger partial charge is 0.417 e. The van der Waals surface area contributed by atoms with Gasteiger partial charge in [-0.1, -0.05) is 53.1 Å². The third kappa shape index (κ3) is 5.75. The maximum atomic E-state index is 15.4. The molecule has 3 aromatic carbocycles. The number of halogens is 5. The van der Waals surface area contributed by atoms with Crippen molar-refractivity contribution in [2.24, 2.45) is 23.7 Å². The Bertz CT molecular complexity index is 2500. The zero-order valence-electron chi connectivity index (χ0n) is 29.8. The van der Waals surface area contributed by atoms with Crippen LogP contribution in [-0.4, -0.2) is 62.0 Å². The van der Waals surface area contributed by atoms with E-state index in [0.717, 1.165) is 17.0 Å². The summed E-state index contributed by atoms with van der Waals surface area (Å²) >= 11 is 12.6. The Morgan fingerprint density at radius 3 is 2.31 bits per heavy atom. The van der Waals surface area contributed by atoms with E-state index in [9.17, 15) is 47.7 Å². The standard InChI is InChI=1S/C40H29Cl2F3N4O9/c1-58-30-14-21(50)7-9-24(30)32-22-10-11-25-31(36(54)48(34(25)52)20-6-8-23(37(55)56)29(51)13-20)26(22)15-27-35(53)49(38(57)39(27,32)17-2-4-19(41)5-3-17)47-33-28(42)12-18(16-46-33)40(43,44)45/h2-10,12-14,16,25-27,31-32,50-51H,11,15H2,1H3,(H,46,47)(H,55,56). The molecule has 1 aromatic heterocycles. The number of alkyl halides is 3. The summed E-state index contributed by atoms with van der Waals surface area (Å²) in [4.78, 5) is 75.1. The lowest BCUT2D eigenvalue weighted by molar-refractivity contribution is -0.139. The molecule has 2 aliphatic heterocycles. The van der Waals surface area contributed by atoms with E-state index in [1.54, 1.807) is 18.2 Å². The number of carbonyl (C=O) groups excluding carboxylic acids is 4. The molecule has 4 aromatic rings. The highest BCUT2D eigenvalue weighted by atomic mass is 35.5. The fourth-order valence-corrected chi connectivity index (χ4v) is 9.49. The summed E-state index contributed by atoms with van der Waals surface area (Å²) < 4.78 is 46.2. The molecule has 6 atom stereocenters. The number of carbonyl (C=O) groups is 5. The Kier molecular flexibility index (Phi) is 9.19. The number of benzene rings is 3. The topological polar surface area (TPSA) is 187 Å². The predicted molar refractivity (Wildman–Crippen MR) is 199 cm³/mol. The SMILES string of the molecule is COc1cc(O)ccc1C1C2=CCC3C(=O)N(c4ccc(C(=O)O)c(O)c4)C(=O)C3C2CC2C(=O)N(Nc3ncc(C(F)(F)F)cc3Cl)C(=O)C21c1ccc(Cl)cc1. The fourth-order valence-electron chi connectivity index (χ4n) is 9.16. The molecule has 298 valence electrons. The molecular formula is C40H29Cl2F3N4O9. The number of hydrogen-bond acceptors (Lipinski definition) is 10. The third-order valence-corrected chi connectivity index (χ3v) is 12.1. The van der Waals surface area contributed by atoms with Crippen LogP contribution in [0.25, 0.3) is 0 Å². The van der Waals surface area contributed by atoms with Gasteiger partial charge in [0, 0.05) is 34.8 Å². The zero-order chi connectivity index (χ0) is 41.6. The van der Waals surface area contributed by atoms with Crippen LogP contribution in [0.15, 0.2) is 84.6 Å². The summed E-state index contributed by atoms with van der Waals surface area (Å²) in [6.07, 6.45) is -2.73. The van der Waals surface area contributed by atoms with Gasteiger partial charge in [-0.15, -0.1) is 0 Å². The van der Waals surface area contributed by atoms with Gasteiger partial charge in [-0.05, 0) is 60.7 Å². The number of allylic oxidation sites excluding steroid dienone is 2. The Balaban J connectivity index is 1.31. The van der Waals surface area contributed by atoms with Crippen molar-refractivity contribution in [3.05, 3.63) is 117 Å². The lowest BCUT2D eigenvalue weighted by atomic mass is 9.49. The average Bonchev–Trinajstić information content (AvgIpc) is 3.55. The van der Waals surface area contributed by atoms with E-state index < -0.39 is 98.5 Å². The normalized spacial score (nSPS) is 25.3. The minimum Gasteiger partial charge on any atom is -0.508 e. The van der Waals surface area contributed by atoms with Crippen LogP contribution >= 0.6 is 23.2 Å². The van der Waals surface area contributed by atoms with Crippen LogP contribution in [0.2, 0.25) is 10.0 Å². The lowest BCUT2D eigenvalue weighted by Crippen LogP contribution is -2.53. The number of fused-ring (bicyclic) bond motifs is 4. The van der Waals surface area contributed by atoms with E-state index in [4.69, 9.17) is 27.9 Å². The van der Waals surface area contributed by atoms with Crippen molar-refractivity contribution in [1.82, 2.24) is 9.99 Å². The van der Waals surface area contributed by atoms with Crippen molar-refractivity contribution in [1.29, 1.82) is 0 Å². The van der Waals surface area contributed by atoms with Gasteiger partial charge in [-0.3, -0.25) is 24.6 Å². The van der Waals surface area contributed by atoms with E-state index in [0.29, 0.717) is 39.0 Å². The van der Waals surface area contributed by atoms with Crippen LogP contribution in [0.5, 0.6) is 17.2 Å². The van der Waals surface area contributed by atoms with Crippen LogP contribution in [0.3, 0.4) is 0 Å². The number of phenolic OH excluding ortho intramolecular Hbond substituents is 1. The number of carboxylic acids is 1. The summed E-state index contributed by atoms with van der Waals surface area (Å²) in [6.45, 7) is 0. The molecule has 2 saturated heterocycles. The number of aromatic carboxylic acids is 1. The van der Waals surface area contributed by atoms with E-state index in [1.165, 1.54) is 43.5 Å². The Morgan fingerprint density at radius 2 is 1.67 bits per heavy atom. The van der Waals surface area contributed by atoms with Crippen molar-refractivity contribution >= 4 is 64.3 Å². The van der Waals surface area contributed by atoms with Crippen molar-refractivity contribution < 1.29 is 57.2 Å². The predicted octanol–water partition coefficient (Wildman–Crippen LogP) is 6.71. The fraction of sp³-hybridized carbons (Fsp3) is 0.250. The molecule has 8 rings (SSSR count). The zero-order valence-corrected chi connectivity index (χ0v) is 31.3. The van der Waals surface area contributed by atoms with Crippen molar-refractivity contribution in [3.8, 4) is 17.2 Å². The van der Waals surface area contributed by atoms with Gasteiger partial charge in [-0.2, -0.15) is 18.2 Å². The molecule has 0 bridgehead atoms. The minimum absolute atomic E-state index is 0.00418. The number of anilines is 2. The molecule has 13 nitrogen and oxygen atoms in total. The van der Waals surface area contributed by atoms with E-state index in [2.05, 4.69) is 10.4 Å². The molecule has 0 spiro atoms. The first-order chi connectivity index (χ1) is 27.5. The van der Waals surface area contributed by atoms with Gasteiger partial charge in [0.1, 0.15) is 22.8 Å². The summed E-state index contributed by atoms with van der Waals surface area (Å²) in [5, 5.41) is 30.8. The molecule has 3 fully saturated rings. The summed E-state index contributed by atoms with van der Waals surface area (Å²) in [5.74, 6) is -11.0. The number of hydrazine groups is 1. The number of nitrogens with zero attached hydrogens (tertiary/aromatic N) is 3. The maximum absolute atomic E-state index is 15.4. The second kappa shape index (κ2) is 13.8. The van der Waals surface area contributed by atoms with Crippen molar-refractivity contribution in [3.63, 3.8) is 0 Å². The molecule has 2 aliphatic carbocycles. The molecule has 1 saturated carbocycles. The monoisotopic (exact) mass is 836 g/mol. The number of ether oxygens (including phenoxy) is 1. The molecule has 58 heavy (non-hydrogen) atoms. The van der Waals surface area contributed by atoms with E-state index in [1.807, 2.05) is 0 Å². The van der Waals surface area contributed by atoms with Crippen molar-refractivity contribution in [2.75, 3.05) is 17.4 Å². The number of imide groups is 2. The Labute approximate surface area is 336 Å². The molecule has 3 heterocycles. The third-order valence-electron chi connectivity index (χ3n) is 11.6. The Hall–Kier alpha value is -6.13. The van der Waals surface area contributed by atoms with Crippen molar-refractivity contribution in [2.45, 2.75) is 30.4 Å². The quantitative estimate of drug-likeness (QED) is 0.114. The molecule has 4 aliphatic rings. The average molecular weight is 838 g/mol. The number of carboxylic acid groups (broad SMARTS) is 1. The second-order valence-electron chi connectivity index (χ2n) is 14.4. The van der Waals surface area contributed by atoms with E-state index in [-0.39, 0.29) is 30.0 Å². The maximum Gasteiger partial charge on any atom is 0.417 e. The van der Waals surface area contributed by atoms with Crippen LogP contribution in [0, 0.1) is 23.7 Å². The Morgan fingerprint density at radius 1 is 0.948 bits per heavy atom. The number of pyridine rings is 1. The number of nitrogens with one attached hydrogen (secondary N) is 1. The first-order valence-electron chi connectivity index (χ1n) is 17.6. The minimum atomic E-state index is -4.79. The summed E-state index contributed by atoms with van der Waals surface area (Å²) in [5.41, 5.74) is 0.139. The number of amides is 4. The molecular weight excluding hydrogens is 808 g/mol. The number of hydrogen-bond donors (Lipinski definition) is 4. The van der Waals surface area contributed by atoms with Gasteiger partial charge >= 0.3 is 12.1 Å². The highest BCUT2D eigenvalue weighted by Crippen LogP contribution is 2.65. The summed E-state index contributed by atoms with van der Waals surface area (Å²) in [6, 6.07) is 14.3. The number of rotatable bonds is 7. The van der Waals surface area contributed by atoms with Crippen LogP contribution < -0.4 is 15.1 Å². The van der Waals surface area contributed by atoms with Gasteiger partial charge in [-0.25, -0.2) is 14.7 Å².